The molecule has 0 bridgehead atoms. The van der Waals surface area contributed by atoms with Crippen LogP contribution in [-0.2, 0) is 0 Å². The fourth-order valence-electron chi connectivity index (χ4n) is 1.25. The first-order valence-corrected chi connectivity index (χ1v) is 5.71. The summed E-state index contributed by atoms with van der Waals surface area (Å²) in [6.07, 6.45) is 0. The molecule has 0 aromatic heterocycles. The number of carbonyl (C=O) groups is 1. The molecule has 6 heteroatoms. The van der Waals surface area contributed by atoms with Crippen molar-refractivity contribution in [2.75, 3.05) is 11.9 Å². The van der Waals surface area contributed by atoms with Gasteiger partial charge < -0.3 is 11.1 Å². The third kappa shape index (κ3) is 4.42. The van der Waals surface area contributed by atoms with Crippen LogP contribution in [0.25, 0.3) is 0 Å². The molecule has 0 radical (unpaired) electrons. The maximum absolute atomic E-state index is 10.9. The predicted molar refractivity (Wildman–Crippen MR) is 73.0 cm³/mol. The first kappa shape index (κ1) is 14.0. The van der Waals surface area contributed by atoms with Crippen LogP contribution >= 0.6 is 0 Å². The van der Waals surface area contributed by atoms with Crippen molar-refractivity contribution in [3.8, 4) is 0 Å². The molecule has 0 unspecified atom stereocenters. The van der Waals surface area contributed by atoms with Gasteiger partial charge in [0.25, 0.3) is 0 Å². The molecule has 0 saturated heterocycles. The molecule has 0 spiro atoms. The molecule has 1 aromatic rings. The lowest BCUT2D eigenvalue weighted by molar-refractivity contribution is 0.100. The zero-order valence-electron chi connectivity index (χ0n) is 10.6. The van der Waals surface area contributed by atoms with Gasteiger partial charge in [0.1, 0.15) is 0 Å². The Hall–Kier alpha value is -2.08. The van der Waals surface area contributed by atoms with Gasteiger partial charge in [-0.15, -0.1) is 0 Å². The SMILES string of the molecule is CC(C)CN=C(NN)Nc1ccc(C(N)=O)cc1. The molecule has 0 heterocycles. The van der Waals surface area contributed by atoms with E-state index in [9.17, 15) is 4.79 Å². The van der Waals surface area contributed by atoms with E-state index in [1.54, 1.807) is 24.3 Å². The largest absolute Gasteiger partial charge is 0.366 e. The molecule has 0 fully saturated rings. The quantitative estimate of drug-likeness (QED) is 0.272. The van der Waals surface area contributed by atoms with Crippen LogP contribution in [0.3, 0.4) is 0 Å². The smallest absolute Gasteiger partial charge is 0.248 e. The minimum Gasteiger partial charge on any atom is -0.366 e. The van der Waals surface area contributed by atoms with Gasteiger partial charge in [0.2, 0.25) is 11.9 Å². The molecule has 0 aliphatic carbocycles. The predicted octanol–water partition coefficient (Wildman–Crippen LogP) is 0.673. The molecule has 1 rings (SSSR count). The Labute approximate surface area is 106 Å². The van der Waals surface area contributed by atoms with Crippen LogP contribution in [0.2, 0.25) is 0 Å². The summed E-state index contributed by atoms with van der Waals surface area (Å²) in [6, 6.07) is 6.76. The van der Waals surface area contributed by atoms with E-state index in [2.05, 4.69) is 29.6 Å². The summed E-state index contributed by atoms with van der Waals surface area (Å²) in [5.41, 5.74) is 8.89. The molecular formula is C12H19N5O. The molecule has 1 amide bonds. The number of carbonyl (C=O) groups excluding carboxylic acids is 1. The number of nitrogens with zero attached hydrogens (tertiary/aromatic N) is 1. The lowest BCUT2D eigenvalue weighted by Gasteiger charge is -2.10. The highest BCUT2D eigenvalue weighted by atomic mass is 16.1. The number of nitrogens with one attached hydrogen (secondary N) is 2. The van der Waals surface area contributed by atoms with E-state index in [-0.39, 0.29) is 0 Å². The fraction of sp³-hybridized carbons (Fsp3) is 0.333. The highest BCUT2D eigenvalue weighted by molar-refractivity contribution is 5.95. The number of primary amides is 1. The maximum Gasteiger partial charge on any atom is 0.248 e. The van der Waals surface area contributed by atoms with Gasteiger partial charge in [-0.1, -0.05) is 13.8 Å². The molecule has 98 valence electrons. The number of hydrogen-bond acceptors (Lipinski definition) is 3. The van der Waals surface area contributed by atoms with Crippen molar-refractivity contribution < 1.29 is 4.79 Å². The molecule has 1 aromatic carbocycles. The zero-order chi connectivity index (χ0) is 13.5. The van der Waals surface area contributed by atoms with E-state index < -0.39 is 5.91 Å². The van der Waals surface area contributed by atoms with Gasteiger partial charge in [0.15, 0.2) is 0 Å². The first-order chi connectivity index (χ1) is 8.52. The third-order valence-electron chi connectivity index (χ3n) is 2.18. The van der Waals surface area contributed by atoms with Gasteiger partial charge in [-0.3, -0.25) is 15.2 Å². The summed E-state index contributed by atoms with van der Waals surface area (Å²) in [5.74, 6) is 5.85. The molecule has 6 N–H and O–H groups in total. The lowest BCUT2D eigenvalue weighted by atomic mass is 10.2. The van der Waals surface area contributed by atoms with Crippen LogP contribution < -0.4 is 22.3 Å². The summed E-state index contributed by atoms with van der Waals surface area (Å²) >= 11 is 0. The fourth-order valence-corrected chi connectivity index (χ4v) is 1.25. The number of nitrogens with two attached hydrogens (primary N) is 2. The second kappa shape index (κ2) is 6.61. The van der Waals surface area contributed by atoms with E-state index in [0.29, 0.717) is 24.0 Å². The highest BCUT2D eigenvalue weighted by Gasteiger charge is 2.02. The number of hydrazine groups is 1. The third-order valence-corrected chi connectivity index (χ3v) is 2.18. The van der Waals surface area contributed by atoms with E-state index in [1.807, 2.05) is 0 Å². The van der Waals surface area contributed by atoms with Crippen molar-refractivity contribution in [2.24, 2.45) is 22.5 Å². The van der Waals surface area contributed by atoms with Crippen LogP contribution in [0.1, 0.15) is 24.2 Å². The Morgan fingerprint density at radius 3 is 2.39 bits per heavy atom. The lowest BCUT2D eigenvalue weighted by Crippen LogP contribution is -2.36. The molecular weight excluding hydrogens is 230 g/mol. The molecule has 0 atom stereocenters. The average Bonchev–Trinajstić information content (AvgIpc) is 2.34. The number of hydrogen-bond donors (Lipinski definition) is 4. The summed E-state index contributed by atoms with van der Waals surface area (Å²) in [5, 5.41) is 3.01. The van der Waals surface area contributed by atoms with Gasteiger partial charge in [-0.2, -0.15) is 0 Å². The van der Waals surface area contributed by atoms with E-state index in [1.165, 1.54) is 0 Å². The van der Waals surface area contributed by atoms with Gasteiger partial charge in [0.05, 0.1) is 0 Å². The van der Waals surface area contributed by atoms with Crippen molar-refractivity contribution >= 4 is 17.6 Å². The minimum absolute atomic E-state index is 0.451. The second-order valence-electron chi connectivity index (χ2n) is 4.29. The Morgan fingerprint density at radius 2 is 1.94 bits per heavy atom. The molecule has 0 saturated carbocycles. The van der Waals surface area contributed by atoms with Crippen molar-refractivity contribution in [1.29, 1.82) is 0 Å². The van der Waals surface area contributed by atoms with Crippen molar-refractivity contribution in [2.45, 2.75) is 13.8 Å². The van der Waals surface area contributed by atoms with Gasteiger partial charge in [-0.25, -0.2) is 5.84 Å². The highest BCUT2D eigenvalue weighted by Crippen LogP contribution is 2.08. The van der Waals surface area contributed by atoms with Crippen LogP contribution in [-0.4, -0.2) is 18.4 Å². The average molecular weight is 249 g/mol. The zero-order valence-corrected chi connectivity index (χ0v) is 10.6. The molecule has 18 heavy (non-hydrogen) atoms. The number of benzene rings is 1. The van der Waals surface area contributed by atoms with Crippen molar-refractivity contribution in [3.63, 3.8) is 0 Å². The molecule has 0 aliphatic rings. The molecule has 6 nitrogen and oxygen atoms in total. The Balaban J connectivity index is 2.70. The Morgan fingerprint density at radius 1 is 1.33 bits per heavy atom. The van der Waals surface area contributed by atoms with Gasteiger partial charge in [0, 0.05) is 17.8 Å². The second-order valence-corrected chi connectivity index (χ2v) is 4.29. The number of rotatable bonds is 4. The monoisotopic (exact) mass is 249 g/mol. The number of aliphatic imine (C=N–C) groups is 1. The van der Waals surface area contributed by atoms with Crippen LogP contribution in [0, 0.1) is 5.92 Å². The topological polar surface area (TPSA) is 106 Å². The van der Waals surface area contributed by atoms with Crippen LogP contribution in [0.15, 0.2) is 29.3 Å². The van der Waals surface area contributed by atoms with Crippen molar-refractivity contribution in [1.82, 2.24) is 5.43 Å². The van der Waals surface area contributed by atoms with E-state index in [4.69, 9.17) is 11.6 Å². The first-order valence-electron chi connectivity index (χ1n) is 5.71. The Kier molecular flexibility index (Phi) is 5.13. The molecule has 0 aliphatic heterocycles. The van der Waals surface area contributed by atoms with Crippen LogP contribution in [0.4, 0.5) is 5.69 Å². The van der Waals surface area contributed by atoms with Crippen molar-refractivity contribution in [3.05, 3.63) is 29.8 Å². The van der Waals surface area contributed by atoms with Crippen LogP contribution in [0.5, 0.6) is 0 Å². The van der Waals surface area contributed by atoms with Gasteiger partial charge in [-0.05, 0) is 30.2 Å². The minimum atomic E-state index is -0.452. The maximum atomic E-state index is 10.9. The number of anilines is 1. The summed E-state index contributed by atoms with van der Waals surface area (Å²) in [6.45, 7) is 4.81. The summed E-state index contributed by atoms with van der Waals surface area (Å²) in [4.78, 5) is 15.2. The standard InChI is InChI=1S/C12H19N5O/c1-8(2)7-15-12(17-14)16-10-5-3-9(4-6-10)11(13)18/h3-6,8H,7,14H2,1-2H3,(H2,13,18)(H2,15,16,17). The normalized spacial score (nSPS) is 11.4. The van der Waals surface area contributed by atoms with Gasteiger partial charge >= 0.3 is 0 Å². The Bertz CT molecular complexity index is 425. The number of guanidine groups is 1. The summed E-state index contributed by atoms with van der Waals surface area (Å²) < 4.78 is 0. The number of amides is 1. The summed E-state index contributed by atoms with van der Waals surface area (Å²) in [7, 11) is 0. The van der Waals surface area contributed by atoms with E-state index >= 15 is 0 Å². The van der Waals surface area contributed by atoms with E-state index in [0.717, 1.165) is 5.69 Å².